The summed E-state index contributed by atoms with van der Waals surface area (Å²) in [5.74, 6) is 0.619. The van der Waals surface area contributed by atoms with Crippen LogP contribution in [0.15, 0.2) is 15.9 Å². The first-order chi connectivity index (χ1) is 6.48. The standard InChI is InChI=1S/C11H18BrNS/c1-8(2)11(3,7-13)5-10-4-9(12)6-14-10/h4,6,8H,5,7,13H2,1-3H3. The average molecular weight is 276 g/mol. The zero-order valence-electron chi connectivity index (χ0n) is 9.01. The highest BCUT2D eigenvalue weighted by atomic mass is 79.9. The zero-order chi connectivity index (χ0) is 10.8. The molecule has 0 aliphatic heterocycles. The van der Waals surface area contributed by atoms with Crippen molar-refractivity contribution in [2.24, 2.45) is 17.1 Å². The van der Waals surface area contributed by atoms with Gasteiger partial charge in [-0.3, -0.25) is 0 Å². The van der Waals surface area contributed by atoms with Gasteiger partial charge in [-0.2, -0.15) is 0 Å². The van der Waals surface area contributed by atoms with E-state index in [1.165, 1.54) is 9.35 Å². The molecule has 0 saturated carbocycles. The fraction of sp³-hybridized carbons (Fsp3) is 0.636. The van der Waals surface area contributed by atoms with E-state index < -0.39 is 0 Å². The van der Waals surface area contributed by atoms with Gasteiger partial charge in [-0.25, -0.2) is 0 Å². The molecule has 1 heterocycles. The van der Waals surface area contributed by atoms with E-state index in [2.05, 4.69) is 48.1 Å². The molecule has 0 fully saturated rings. The monoisotopic (exact) mass is 275 g/mol. The number of halogens is 1. The van der Waals surface area contributed by atoms with Crippen molar-refractivity contribution < 1.29 is 0 Å². The molecule has 80 valence electrons. The minimum absolute atomic E-state index is 0.226. The summed E-state index contributed by atoms with van der Waals surface area (Å²) in [4.78, 5) is 1.42. The molecule has 2 N–H and O–H groups in total. The largest absolute Gasteiger partial charge is 0.330 e. The molecular formula is C11H18BrNS. The Hall–Kier alpha value is 0.140. The van der Waals surface area contributed by atoms with Crippen LogP contribution in [-0.4, -0.2) is 6.54 Å². The van der Waals surface area contributed by atoms with Gasteiger partial charge >= 0.3 is 0 Å². The maximum atomic E-state index is 5.86. The fourth-order valence-electron chi connectivity index (χ4n) is 1.36. The van der Waals surface area contributed by atoms with Crippen LogP contribution < -0.4 is 5.73 Å². The SMILES string of the molecule is CC(C)C(C)(CN)Cc1cc(Br)cs1. The summed E-state index contributed by atoms with van der Waals surface area (Å²) in [6.45, 7) is 7.51. The van der Waals surface area contributed by atoms with E-state index in [1.807, 2.05) is 0 Å². The summed E-state index contributed by atoms with van der Waals surface area (Å²) < 4.78 is 1.18. The molecule has 1 atom stereocenters. The molecule has 0 aliphatic carbocycles. The van der Waals surface area contributed by atoms with E-state index in [1.54, 1.807) is 11.3 Å². The van der Waals surface area contributed by atoms with Crippen molar-refractivity contribution in [1.29, 1.82) is 0 Å². The topological polar surface area (TPSA) is 26.0 Å². The van der Waals surface area contributed by atoms with Crippen molar-refractivity contribution in [1.82, 2.24) is 0 Å². The first-order valence-electron chi connectivity index (χ1n) is 4.91. The van der Waals surface area contributed by atoms with Crippen molar-refractivity contribution in [3.63, 3.8) is 0 Å². The third-order valence-corrected chi connectivity index (χ3v) is 4.76. The molecule has 0 amide bonds. The molecule has 1 unspecified atom stereocenters. The van der Waals surface area contributed by atoms with Crippen LogP contribution in [0.1, 0.15) is 25.6 Å². The first kappa shape index (κ1) is 12.2. The van der Waals surface area contributed by atoms with Crippen LogP contribution in [0.5, 0.6) is 0 Å². The number of hydrogen-bond donors (Lipinski definition) is 1. The number of nitrogens with two attached hydrogens (primary N) is 1. The molecule has 1 aromatic rings. The van der Waals surface area contributed by atoms with Crippen molar-refractivity contribution in [3.05, 3.63) is 20.8 Å². The van der Waals surface area contributed by atoms with E-state index in [9.17, 15) is 0 Å². The predicted octanol–water partition coefficient (Wildman–Crippen LogP) is 3.67. The van der Waals surface area contributed by atoms with E-state index in [0.717, 1.165) is 13.0 Å². The van der Waals surface area contributed by atoms with Crippen molar-refractivity contribution in [2.75, 3.05) is 6.54 Å². The van der Waals surface area contributed by atoms with Gasteiger partial charge in [0, 0.05) is 14.7 Å². The Kier molecular flexibility index (Phi) is 4.16. The Balaban J connectivity index is 2.75. The van der Waals surface area contributed by atoms with E-state index in [4.69, 9.17) is 5.73 Å². The quantitative estimate of drug-likeness (QED) is 0.892. The van der Waals surface area contributed by atoms with Gasteiger partial charge in [-0.05, 0) is 46.3 Å². The van der Waals surface area contributed by atoms with Crippen molar-refractivity contribution in [2.45, 2.75) is 27.2 Å². The second-order valence-electron chi connectivity index (χ2n) is 4.42. The van der Waals surface area contributed by atoms with Gasteiger partial charge in [0.1, 0.15) is 0 Å². The Morgan fingerprint density at radius 3 is 2.57 bits per heavy atom. The second kappa shape index (κ2) is 4.77. The van der Waals surface area contributed by atoms with Gasteiger partial charge in [-0.15, -0.1) is 11.3 Å². The summed E-state index contributed by atoms with van der Waals surface area (Å²) in [7, 11) is 0. The second-order valence-corrected chi connectivity index (χ2v) is 6.33. The smallest absolute Gasteiger partial charge is 0.0285 e. The van der Waals surface area contributed by atoms with E-state index >= 15 is 0 Å². The van der Waals surface area contributed by atoms with Crippen LogP contribution >= 0.6 is 27.3 Å². The molecule has 1 rings (SSSR count). The lowest BCUT2D eigenvalue weighted by molar-refractivity contribution is 0.229. The molecule has 0 aliphatic rings. The summed E-state index contributed by atoms with van der Waals surface area (Å²) in [6.07, 6.45) is 1.08. The summed E-state index contributed by atoms with van der Waals surface area (Å²) in [5.41, 5.74) is 6.08. The number of hydrogen-bond acceptors (Lipinski definition) is 2. The number of rotatable bonds is 4. The molecule has 1 aromatic heterocycles. The van der Waals surface area contributed by atoms with Gasteiger partial charge in [0.2, 0.25) is 0 Å². The maximum absolute atomic E-state index is 5.86. The van der Waals surface area contributed by atoms with Gasteiger partial charge in [0.05, 0.1) is 0 Å². The Morgan fingerprint density at radius 2 is 2.21 bits per heavy atom. The predicted molar refractivity (Wildman–Crippen MR) is 67.7 cm³/mol. The minimum Gasteiger partial charge on any atom is -0.330 e. The molecule has 0 saturated heterocycles. The highest BCUT2D eigenvalue weighted by molar-refractivity contribution is 9.10. The zero-order valence-corrected chi connectivity index (χ0v) is 11.4. The third kappa shape index (κ3) is 2.81. The van der Waals surface area contributed by atoms with Gasteiger partial charge in [-0.1, -0.05) is 20.8 Å². The molecule has 1 nitrogen and oxygen atoms in total. The lowest BCUT2D eigenvalue weighted by atomic mass is 9.76. The molecular weight excluding hydrogens is 258 g/mol. The molecule has 14 heavy (non-hydrogen) atoms. The first-order valence-corrected chi connectivity index (χ1v) is 6.58. The summed E-state index contributed by atoms with van der Waals surface area (Å²) >= 11 is 5.28. The average Bonchev–Trinajstić information content (AvgIpc) is 2.50. The molecule has 0 bridgehead atoms. The van der Waals surface area contributed by atoms with Crippen LogP contribution in [0.2, 0.25) is 0 Å². The van der Waals surface area contributed by atoms with Crippen LogP contribution in [-0.2, 0) is 6.42 Å². The van der Waals surface area contributed by atoms with Crippen molar-refractivity contribution in [3.8, 4) is 0 Å². The summed E-state index contributed by atoms with van der Waals surface area (Å²) in [6, 6.07) is 2.20. The van der Waals surface area contributed by atoms with E-state index in [0.29, 0.717) is 5.92 Å². The van der Waals surface area contributed by atoms with Gasteiger partial charge in [0.15, 0.2) is 0 Å². The van der Waals surface area contributed by atoms with Crippen LogP contribution in [0.25, 0.3) is 0 Å². The van der Waals surface area contributed by atoms with Crippen LogP contribution in [0.3, 0.4) is 0 Å². The Labute approximate surface area is 98.8 Å². The molecule has 3 heteroatoms. The fourth-order valence-corrected chi connectivity index (χ4v) is 3.00. The van der Waals surface area contributed by atoms with Crippen LogP contribution in [0.4, 0.5) is 0 Å². The maximum Gasteiger partial charge on any atom is 0.0285 e. The molecule has 0 aromatic carbocycles. The lowest BCUT2D eigenvalue weighted by Gasteiger charge is -2.31. The van der Waals surface area contributed by atoms with Gasteiger partial charge in [0.25, 0.3) is 0 Å². The molecule has 0 spiro atoms. The lowest BCUT2D eigenvalue weighted by Crippen LogP contribution is -2.34. The molecule has 0 radical (unpaired) electrons. The van der Waals surface area contributed by atoms with E-state index in [-0.39, 0.29) is 5.41 Å². The Morgan fingerprint density at radius 1 is 1.57 bits per heavy atom. The van der Waals surface area contributed by atoms with Gasteiger partial charge < -0.3 is 5.73 Å². The van der Waals surface area contributed by atoms with Crippen LogP contribution in [0, 0.1) is 11.3 Å². The van der Waals surface area contributed by atoms with Crippen molar-refractivity contribution >= 4 is 27.3 Å². The Bertz CT molecular complexity index is 295. The number of thiophene rings is 1. The normalized spacial score (nSPS) is 15.9. The minimum atomic E-state index is 0.226. The third-order valence-electron chi connectivity index (χ3n) is 3.06. The highest BCUT2D eigenvalue weighted by Gasteiger charge is 2.27. The summed E-state index contributed by atoms with van der Waals surface area (Å²) in [5, 5.41) is 2.13. The highest BCUT2D eigenvalue weighted by Crippen LogP contribution is 2.33.